The van der Waals surface area contributed by atoms with Gasteiger partial charge in [0, 0.05) is 5.56 Å². The van der Waals surface area contributed by atoms with Crippen LogP contribution in [0.15, 0.2) is 47.0 Å². The molecule has 2 aromatic carbocycles. The molecule has 1 aliphatic rings. The molecule has 0 saturated heterocycles. The predicted molar refractivity (Wildman–Crippen MR) is 97.4 cm³/mol. The van der Waals surface area contributed by atoms with Gasteiger partial charge < -0.3 is 18.7 Å². The summed E-state index contributed by atoms with van der Waals surface area (Å²) in [5, 5.41) is 4.29. The number of methoxy groups -OCH3 is 1. The van der Waals surface area contributed by atoms with E-state index < -0.39 is 0 Å². The average molecular weight is 371 g/mol. The van der Waals surface area contributed by atoms with Crippen molar-refractivity contribution in [1.29, 1.82) is 0 Å². The number of fused-ring (bicyclic) bond motifs is 1. The van der Waals surface area contributed by atoms with Crippen molar-refractivity contribution in [2.45, 2.75) is 0 Å². The Bertz CT molecular complexity index is 936. The van der Waals surface area contributed by atoms with Gasteiger partial charge in [-0.05, 0) is 23.8 Å². The molecule has 0 radical (unpaired) electrons. The summed E-state index contributed by atoms with van der Waals surface area (Å²) >= 11 is 6.37. The van der Waals surface area contributed by atoms with Gasteiger partial charge in [0.15, 0.2) is 11.5 Å². The molecule has 0 saturated carbocycles. The number of ether oxygens (including phenoxy) is 3. The van der Waals surface area contributed by atoms with Gasteiger partial charge in [-0.1, -0.05) is 47.1 Å². The Labute approximate surface area is 155 Å². The van der Waals surface area contributed by atoms with E-state index in [1.165, 1.54) is 0 Å². The van der Waals surface area contributed by atoms with Crippen molar-refractivity contribution in [3.05, 3.63) is 53.9 Å². The molecule has 0 fully saturated rings. The van der Waals surface area contributed by atoms with Gasteiger partial charge in [0.1, 0.15) is 18.2 Å². The summed E-state index contributed by atoms with van der Waals surface area (Å²) in [6.45, 7) is 0.977. The Hall–Kier alpha value is -2.99. The van der Waals surface area contributed by atoms with Gasteiger partial charge in [0.25, 0.3) is 5.89 Å². The molecule has 0 amide bonds. The van der Waals surface area contributed by atoms with E-state index in [2.05, 4.69) is 10.1 Å². The monoisotopic (exact) mass is 370 g/mol. The van der Waals surface area contributed by atoms with Crippen molar-refractivity contribution in [3.8, 4) is 28.6 Å². The molecule has 26 heavy (non-hydrogen) atoms. The molecule has 0 atom stereocenters. The van der Waals surface area contributed by atoms with Gasteiger partial charge in [-0.25, -0.2) is 0 Å². The van der Waals surface area contributed by atoms with E-state index in [1.807, 2.05) is 42.5 Å². The molecular weight excluding hydrogens is 356 g/mol. The van der Waals surface area contributed by atoms with Crippen LogP contribution in [-0.2, 0) is 0 Å². The van der Waals surface area contributed by atoms with Crippen LogP contribution in [0.4, 0.5) is 0 Å². The Morgan fingerprint density at radius 1 is 1.15 bits per heavy atom. The Morgan fingerprint density at radius 2 is 1.96 bits per heavy atom. The number of halogens is 1. The summed E-state index contributed by atoms with van der Waals surface area (Å²) in [5.74, 6) is 2.50. The second-order valence-electron chi connectivity index (χ2n) is 5.53. The SMILES string of the molecule is COc1cc(/C=C(\Cl)c2nc(-c3ccccc3)no2)cc2c1OCCO2. The minimum atomic E-state index is 0.236. The molecule has 6 nitrogen and oxygen atoms in total. The zero-order valence-electron chi connectivity index (χ0n) is 13.9. The molecule has 0 spiro atoms. The second kappa shape index (κ2) is 7.09. The van der Waals surface area contributed by atoms with E-state index in [1.54, 1.807) is 13.2 Å². The van der Waals surface area contributed by atoms with E-state index in [0.717, 1.165) is 11.1 Å². The quantitative estimate of drug-likeness (QED) is 0.683. The van der Waals surface area contributed by atoms with Crippen LogP contribution in [0.1, 0.15) is 11.5 Å². The van der Waals surface area contributed by atoms with Crippen LogP contribution in [0.2, 0.25) is 0 Å². The molecule has 132 valence electrons. The van der Waals surface area contributed by atoms with Crippen LogP contribution in [0.5, 0.6) is 17.2 Å². The van der Waals surface area contributed by atoms with Crippen molar-refractivity contribution in [2.24, 2.45) is 0 Å². The summed E-state index contributed by atoms with van der Waals surface area (Å²) in [5.41, 5.74) is 1.63. The Kier molecular flexibility index (Phi) is 4.50. The van der Waals surface area contributed by atoms with E-state index in [0.29, 0.717) is 41.3 Å². The fourth-order valence-corrected chi connectivity index (χ4v) is 2.81. The zero-order valence-corrected chi connectivity index (χ0v) is 14.7. The van der Waals surface area contributed by atoms with E-state index in [-0.39, 0.29) is 5.89 Å². The number of hydrogen-bond acceptors (Lipinski definition) is 6. The number of rotatable bonds is 4. The van der Waals surface area contributed by atoms with Gasteiger partial charge in [-0.15, -0.1) is 0 Å². The highest BCUT2D eigenvalue weighted by Crippen LogP contribution is 2.41. The molecular formula is C19H15ClN2O4. The number of nitrogens with zero attached hydrogens (tertiary/aromatic N) is 2. The lowest BCUT2D eigenvalue weighted by atomic mass is 10.1. The van der Waals surface area contributed by atoms with Crippen LogP contribution >= 0.6 is 11.6 Å². The summed E-state index contributed by atoms with van der Waals surface area (Å²) in [4.78, 5) is 4.34. The number of aromatic nitrogens is 2. The minimum Gasteiger partial charge on any atom is -0.493 e. The third kappa shape index (κ3) is 3.23. The molecule has 0 bridgehead atoms. The molecule has 1 aromatic heterocycles. The standard InChI is InChI=1S/C19H15ClN2O4/c1-23-15-10-12(11-16-17(15)25-8-7-24-16)9-14(20)19-21-18(22-26-19)13-5-3-2-4-6-13/h2-6,9-11H,7-8H2,1H3/b14-9-. The van der Waals surface area contributed by atoms with Crippen LogP contribution in [0.25, 0.3) is 22.5 Å². The highest BCUT2D eigenvalue weighted by Gasteiger charge is 2.19. The summed E-state index contributed by atoms with van der Waals surface area (Å²) in [7, 11) is 1.58. The Balaban J connectivity index is 1.65. The van der Waals surface area contributed by atoms with Crippen molar-refractivity contribution >= 4 is 22.7 Å². The molecule has 3 aromatic rings. The van der Waals surface area contributed by atoms with E-state index in [4.69, 9.17) is 30.3 Å². The topological polar surface area (TPSA) is 66.6 Å². The van der Waals surface area contributed by atoms with Gasteiger partial charge >= 0.3 is 0 Å². The molecule has 0 aliphatic carbocycles. The summed E-state index contributed by atoms with van der Waals surface area (Å²) < 4.78 is 21.9. The fraction of sp³-hybridized carbons (Fsp3) is 0.158. The largest absolute Gasteiger partial charge is 0.493 e. The number of hydrogen-bond donors (Lipinski definition) is 0. The maximum atomic E-state index is 6.37. The highest BCUT2D eigenvalue weighted by molar-refractivity contribution is 6.50. The van der Waals surface area contributed by atoms with E-state index in [9.17, 15) is 0 Å². The lowest BCUT2D eigenvalue weighted by molar-refractivity contribution is 0.165. The highest BCUT2D eigenvalue weighted by atomic mass is 35.5. The smallest absolute Gasteiger partial charge is 0.269 e. The molecule has 0 N–H and O–H groups in total. The number of benzene rings is 2. The van der Waals surface area contributed by atoms with E-state index >= 15 is 0 Å². The first kappa shape index (κ1) is 16.5. The first-order valence-electron chi connectivity index (χ1n) is 7.99. The molecule has 0 unspecified atom stereocenters. The van der Waals surface area contributed by atoms with Gasteiger partial charge in [0.2, 0.25) is 11.6 Å². The van der Waals surface area contributed by atoms with Gasteiger partial charge in [-0.3, -0.25) is 0 Å². The second-order valence-corrected chi connectivity index (χ2v) is 5.94. The summed E-state index contributed by atoms with van der Waals surface area (Å²) in [6, 6.07) is 13.2. The van der Waals surface area contributed by atoms with Crippen LogP contribution in [0, 0.1) is 0 Å². The lowest BCUT2D eigenvalue weighted by Crippen LogP contribution is -2.16. The summed E-state index contributed by atoms with van der Waals surface area (Å²) in [6.07, 6.45) is 1.71. The van der Waals surface area contributed by atoms with Gasteiger partial charge in [0.05, 0.1) is 7.11 Å². The zero-order chi connectivity index (χ0) is 17.9. The van der Waals surface area contributed by atoms with Crippen LogP contribution < -0.4 is 14.2 Å². The van der Waals surface area contributed by atoms with Crippen molar-refractivity contribution in [2.75, 3.05) is 20.3 Å². The Morgan fingerprint density at radius 3 is 2.77 bits per heavy atom. The van der Waals surface area contributed by atoms with Crippen molar-refractivity contribution < 1.29 is 18.7 Å². The maximum absolute atomic E-state index is 6.37. The minimum absolute atomic E-state index is 0.236. The normalized spacial score (nSPS) is 13.5. The molecule has 4 rings (SSSR count). The fourth-order valence-electron chi connectivity index (χ4n) is 2.61. The predicted octanol–water partition coefficient (Wildman–Crippen LogP) is 4.25. The third-order valence-corrected chi connectivity index (χ3v) is 4.08. The van der Waals surface area contributed by atoms with Gasteiger partial charge in [-0.2, -0.15) is 4.98 Å². The van der Waals surface area contributed by atoms with Crippen LogP contribution in [-0.4, -0.2) is 30.5 Å². The van der Waals surface area contributed by atoms with Crippen LogP contribution in [0.3, 0.4) is 0 Å². The molecule has 2 heterocycles. The first-order chi connectivity index (χ1) is 12.7. The van der Waals surface area contributed by atoms with Crippen molar-refractivity contribution in [1.82, 2.24) is 10.1 Å². The maximum Gasteiger partial charge on any atom is 0.269 e. The third-order valence-electron chi connectivity index (χ3n) is 3.81. The van der Waals surface area contributed by atoms with Crippen molar-refractivity contribution in [3.63, 3.8) is 0 Å². The molecule has 7 heteroatoms. The average Bonchev–Trinajstić information content (AvgIpc) is 3.18. The molecule has 1 aliphatic heterocycles. The first-order valence-corrected chi connectivity index (χ1v) is 8.37. The lowest BCUT2D eigenvalue weighted by Gasteiger charge is -2.21.